The summed E-state index contributed by atoms with van der Waals surface area (Å²) in [4.78, 5) is 36.0. The van der Waals surface area contributed by atoms with Gasteiger partial charge in [0.2, 0.25) is 0 Å². The maximum atomic E-state index is 12.8. The van der Waals surface area contributed by atoms with Crippen molar-refractivity contribution in [3.63, 3.8) is 0 Å². The number of imidazole rings is 1. The van der Waals surface area contributed by atoms with Gasteiger partial charge in [0.1, 0.15) is 5.75 Å². The van der Waals surface area contributed by atoms with Crippen LogP contribution in [0.5, 0.6) is 5.75 Å². The van der Waals surface area contributed by atoms with Crippen molar-refractivity contribution in [2.45, 2.75) is 0 Å². The van der Waals surface area contributed by atoms with Gasteiger partial charge in [0.25, 0.3) is 5.91 Å². The van der Waals surface area contributed by atoms with Crippen molar-refractivity contribution in [1.82, 2.24) is 19.8 Å². The second kappa shape index (κ2) is 7.59. The lowest BCUT2D eigenvalue weighted by atomic mass is 10.1. The third kappa shape index (κ3) is 3.48. The summed E-state index contributed by atoms with van der Waals surface area (Å²) in [6.07, 6.45) is 1.61. The number of amides is 3. The maximum absolute atomic E-state index is 12.8. The van der Waals surface area contributed by atoms with Crippen LogP contribution in [0.4, 0.5) is 10.5 Å². The van der Waals surface area contributed by atoms with Gasteiger partial charge in [-0.2, -0.15) is 0 Å². The number of nitrogens with zero attached hydrogens (tertiary/aromatic N) is 3. The van der Waals surface area contributed by atoms with E-state index in [2.05, 4.69) is 15.3 Å². The Hall–Kier alpha value is -3.55. The van der Waals surface area contributed by atoms with Gasteiger partial charge in [-0.15, -0.1) is 0 Å². The molecule has 3 aromatic rings. The lowest BCUT2D eigenvalue weighted by molar-refractivity contribution is 0.0672. The first-order chi connectivity index (χ1) is 13.7. The zero-order chi connectivity index (χ0) is 19.5. The minimum Gasteiger partial charge on any atom is -0.495 e. The van der Waals surface area contributed by atoms with Gasteiger partial charge in [-0.3, -0.25) is 4.79 Å². The fraction of sp³-hybridized carbons (Fsp3) is 0.250. The van der Waals surface area contributed by atoms with Crippen LogP contribution in [-0.4, -0.2) is 65.0 Å². The number of aromatic nitrogens is 2. The van der Waals surface area contributed by atoms with Crippen molar-refractivity contribution in [1.29, 1.82) is 0 Å². The molecule has 0 bridgehead atoms. The van der Waals surface area contributed by atoms with Crippen LogP contribution in [0.15, 0.2) is 48.8 Å². The van der Waals surface area contributed by atoms with E-state index in [1.165, 1.54) is 0 Å². The molecule has 2 aromatic carbocycles. The van der Waals surface area contributed by atoms with Crippen LogP contribution < -0.4 is 10.1 Å². The fourth-order valence-corrected chi connectivity index (χ4v) is 3.31. The summed E-state index contributed by atoms with van der Waals surface area (Å²) < 4.78 is 5.26. The van der Waals surface area contributed by atoms with Crippen LogP contribution in [0.1, 0.15) is 10.4 Å². The summed E-state index contributed by atoms with van der Waals surface area (Å²) in [5, 5.41) is 2.87. The lowest BCUT2D eigenvalue weighted by Crippen LogP contribution is -2.51. The number of H-pyrrole nitrogens is 1. The maximum Gasteiger partial charge on any atom is 0.322 e. The number of urea groups is 1. The van der Waals surface area contributed by atoms with Crippen LogP contribution in [0.3, 0.4) is 0 Å². The van der Waals surface area contributed by atoms with Gasteiger partial charge in [-0.25, -0.2) is 9.78 Å². The Morgan fingerprint density at radius 1 is 1.07 bits per heavy atom. The molecule has 3 amide bonds. The Kier molecular flexibility index (Phi) is 4.84. The minimum absolute atomic E-state index is 0.0405. The predicted molar refractivity (Wildman–Crippen MR) is 106 cm³/mol. The largest absolute Gasteiger partial charge is 0.495 e. The van der Waals surface area contributed by atoms with E-state index in [0.717, 1.165) is 11.0 Å². The Morgan fingerprint density at radius 3 is 2.61 bits per heavy atom. The third-order valence-corrected chi connectivity index (χ3v) is 4.87. The molecule has 0 radical (unpaired) electrons. The van der Waals surface area contributed by atoms with E-state index in [1.54, 1.807) is 41.4 Å². The van der Waals surface area contributed by atoms with Crippen molar-refractivity contribution in [2.75, 3.05) is 38.6 Å². The molecule has 4 rings (SSSR count). The van der Waals surface area contributed by atoms with Gasteiger partial charge in [0, 0.05) is 31.7 Å². The van der Waals surface area contributed by atoms with Gasteiger partial charge < -0.3 is 24.8 Å². The second-order valence-corrected chi connectivity index (χ2v) is 6.54. The number of methoxy groups -OCH3 is 1. The molecule has 1 aromatic heterocycles. The first-order valence-corrected chi connectivity index (χ1v) is 9.07. The molecule has 0 spiro atoms. The van der Waals surface area contributed by atoms with Crippen molar-refractivity contribution >= 4 is 28.7 Å². The standard InChI is InChI=1S/C20H21N5O3/c1-28-18-5-3-2-4-16(18)23-20(27)25-10-8-24(9-11-25)19(26)14-6-7-15-17(12-14)22-13-21-15/h2-7,12-13H,8-11H2,1H3,(H,21,22)(H,23,27). The van der Waals surface area contributed by atoms with Crippen LogP contribution >= 0.6 is 0 Å². The summed E-state index contributed by atoms with van der Waals surface area (Å²) in [6.45, 7) is 1.91. The number of nitrogens with one attached hydrogen (secondary N) is 2. The highest BCUT2D eigenvalue weighted by atomic mass is 16.5. The molecule has 0 atom stereocenters. The quantitative estimate of drug-likeness (QED) is 0.732. The Balaban J connectivity index is 1.37. The molecule has 1 aliphatic rings. The van der Waals surface area contributed by atoms with E-state index in [4.69, 9.17) is 4.74 Å². The number of aromatic amines is 1. The molecule has 1 saturated heterocycles. The number of ether oxygens (including phenoxy) is 1. The highest BCUT2D eigenvalue weighted by Crippen LogP contribution is 2.23. The average molecular weight is 379 g/mol. The Bertz CT molecular complexity index is 1010. The van der Waals surface area contributed by atoms with E-state index < -0.39 is 0 Å². The molecule has 144 valence electrons. The number of benzene rings is 2. The number of carbonyl (C=O) groups excluding carboxylic acids is 2. The molecular formula is C20H21N5O3. The molecule has 8 heteroatoms. The molecule has 8 nitrogen and oxygen atoms in total. The van der Waals surface area contributed by atoms with Crippen LogP contribution in [0.25, 0.3) is 11.0 Å². The molecule has 0 unspecified atom stereocenters. The normalized spacial score (nSPS) is 14.2. The number of rotatable bonds is 3. The highest BCUT2D eigenvalue weighted by molar-refractivity contribution is 5.97. The number of para-hydroxylation sites is 2. The summed E-state index contributed by atoms with van der Waals surface area (Å²) >= 11 is 0. The molecule has 2 heterocycles. The molecule has 28 heavy (non-hydrogen) atoms. The number of hydrogen-bond acceptors (Lipinski definition) is 4. The first-order valence-electron chi connectivity index (χ1n) is 9.07. The molecule has 1 aliphatic heterocycles. The van der Waals surface area contributed by atoms with Crippen molar-refractivity contribution < 1.29 is 14.3 Å². The van der Waals surface area contributed by atoms with Gasteiger partial charge >= 0.3 is 6.03 Å². The van der Waals surface area contributed by atoms with Crippen molar-refractivity contribution in [3.05, 3.63) is 54.4 Å². The Labute approximate surface area is 162 Å². The number of piperazine rings is 1. The van der Waals surface area contributed by atoms with E-state index in [9.17, 15) is 9.59 Å². The monoisotopic (exact) mass is 379 g/mol. The van der Waals surface area contributed by atoms with E-state index in [1.807, 2.05) is 24.3 Å². The lowest BCUT2D eigenvalue weighted by Gasteiger charge is -2.34. The van der Waals surface area contributed by atoms with Crippen LogP contribution in [-0.2, 0) is 0 Å². The number of carbonyl (C=O) groups is 2. The summed E-state index contributed by atoms with van der Waals surface area (Å²) in [6, 6.07) is 12.5. The summed E-state index contributed by atoms with van der Waals surface area (Å²) in [7, 11) is 1.57. The molecule has 1 fully saturated rings. The molecule has 0 aliphatic carbocycles. The zero-order valence-electron chi connectivity index (χ0n) is 15.5. The van der Waals surface area contributed by atoms with Gasteiger partial charge in [-0.05, 0) is 30.3 Å². The molecular weight excluding hydrogens is 358 g/mol. The number of anilines is 1. The third-order valence-electron chi connectivity index (χ3n) is 4.87. The van der Waals surface area contributed by atoms with Crippen LogP contribution in [0.2, 0.25) is 0 Å². The summed E-state index contributed by atoms with van der Waals surface area (Å²) in [5.41, 5.74) is 2.90. The fourth-order valence-electron chi connectivity index (χ4n) is 3.31. The van der Waals surface area contributed by atoms with Gasteiger partial charge in [0.05, 0.1) is 30.2 Å². The predicted octanol–water partition coefficient (Wildman–Crippen LogP) is 2.56. The Morgan fingerprint density at radius 2 is 1.82 bits per heavy atom. The van der Waals surface area contributed by atoms with Crippen LogP contribution in [0, 0.1) is 0 Å². The number of fused-ring (bicyclic) bond motifs is 1. The molecule has 0 saturated carbocycles. The van der Waals surface area contributed by atoms with E-state index in [0.29, 0.717) is 43.2 Å². The first kappa shape index (κ1) is 17.8. The average Bonchev–Trinajstić information content (AvgIpc) is 3.21. The van der Waals surface area contributed by atoms with Crippen molar-refractivity contribution in [3.8, 4) is 5.75 Å². The van der Waals surface area contributed by atoms with E-state index in [-0.39, 0.29) is 11.9 Å². The van der Waals surface area contributed by atoms with Crippen molar-refractivity contribution in [2.24, 2.45) is 0 Å². The molecule has 2 N–H and O–H groups in total. The minimum atomic E-state index is -0.199. The highest BCUT2D eigenvalue weighted by Gasteiger charge is 2.25. The zero-order valence-corrected chi connectivity index (χ0v) is 15.5. The summed E-state index contributed by atoms with van der Waals surface area (Å²) in [5.74, 6) is 0.570. The topological polar surface area (TPSA) is 90.6 Å². The van der Waals surface area contributed by atoms with Gasteiger partial charge in [-0.1, -0.05) is 12.1 Å². The smallest absolute Gasteiger partial charge is 0.322 e. The second-order valence-electron chi connectivity index (χ2n) is 6.54. The van der Waals surface area contributed by atoms with E-state index >= 15 is 0 Å². The SMILES string of the molecule is COc1ccccc1NC(=O)N1CCN(C(=O)c2ccc3nc[nH]c3c2)CC1. The number of hydrogen-bond donors (Lipinski definition) is 2. The van der Waals surface area contributed by atoms with Gasteiger partial charge in [0.15, 0.2) is 0 Å².